The van der Waals surface area contributed by atoms with Crippen LogP contribution in [0.5, 0.6) is 0 Å². The fourth-order valence-electron chi connectivity index (χ4n) is 1.46. The highest BCUT2D eigenvalue weighted by Gasteiger charge is 2.12. The first-order valence-corrected chi connectivity index (χ1v) is 6.74. The summed E-state index contributed by atoms with van der Waals surface area (Å²) in [6.45, 7) is 4.21. The lowest BCUT2D eigenvalue weighted by Gasteiger charge is -2.09. The topological polar surface area (TPSA) is 71.5 Å². The Labute approximate surface area is 117 Å². The highest BCUT2D eigenvalue weighted by atomic mass is 35.5. The number of carbonyl (C=O) groups is 1. The lowest BCUT2D eigenvalue weighted by Crippen LogP contribution is -2.09. The summed E-state index contributed by atoms with van der Waals surface area (Å²) in [6, 6.07) is 1.38. The largest absolute Gasteiger partial charge is 0.478 e. The number of halogens is 1. The molecule has 0 unspecified atom stereocenters. The van der Waals surface area contributed by atoms with Crippen LogP contribution in [-0.4, -0.2) is 35.8 Å². The van der Waals surface area contributed by atoms with Gasteiger partial charge in [-0.3, -0.25) is 0 Å². The van der Waals surface area contributed by atoms with E-state index in [9.17, 15) is 4.79 Å². The van der Waals surface area contributed by atoms with E-state index < -0.39 is 5.97 Å². The van der Waals surface area contributed by atoms with E-state index in [0.29, 0.717) is 19.0 Å². The zero-order valence-electron chi connectivity index (χ0n) is 11.0. The molecule has 1 aromatic heterocycles. The summed E-state index contributed by atoms with van der Waals surface area (Å²) >= 11 is 5.95. The first-order chi connectivity index (χ1) is 9.16. The van der Waals surface area contributed by atoms with Crippen LogP contribution in [0, 0.1) is 0 Å². The average molecular weight is 287 g/mol. The van der Waals surface area contributed by atoms with Crippen LogP contribution in [0.4, 0.5) is 5.82 Å². The number of ether oxygens (including phenoxy) is 1. The van der Waals surface area contributed by atoms with E-state index in [4.69, 9.17) is 21.4 Å². The number of nitrogens with one attached hydrogen (secondary N) is 1. The monoisotopic (exact) mass is 286 g/mol. The van der Waals surface area contributed by atoms with Crippen molar-refractivity contribution in [2.24, 2.45) is 0 Å². The number of carboxylic acid groups (broad SMARTS) is 1. The Hall–Kier alpha value is -1.33. The molecule has 0 saturated heterocycles. The summed E-state index contributed by atoms with van der Waals surface area (Å²) in [4.78, 5) is 14.9. The summed E-state index contributed by atoms with van der Waals surface area (Å²) in [5, 5.41) is 12.1. The van der Waals surface area contributed by atoms with Gasteiger partial charge >= 0.3 is 5.97 Å². The Bertz CT molecular complexity index is 413. The van der Waals surface area contributed by atoms with Gasteiger partial charge in [0.15, 0.2) is 0 Å². The number of pyridine rings is 1. The molecule has 5 nitrogen and oxygen atoms in total. The zero-order chi connectivity index (χ0) is 14.1. The molecule has 0 fully saturated rings. The Balaban J connectivity index is 2.33. The average Bonchev–Trinajstić information content (AvgIpc) is 2.39. The maximum Gasteiger partial charge on any atom is 0.337 e. The van der Waals surface area contributed by atoms with Gasteiger partial charge in [-0.15, -0.1) is 0 Å². The highest BCUT2D eigenvalue weighted by Crippen LogP contribution is 2.23. The second kappa shape index (κ2) is 8.72. The van der Waals surface area contributed by atoms with E-state index in [-0.39, 0.29) is 10.6 Å². The van der Waals surface area contributed by atoms with E-state index in [0.717, 1.165) is 25.9 Å². The Morgan fingerprint density at radius 2 is 2.21 bits per heavy atom. The predicted molar refractivity (Wildman–Crippen MR) is 75.0 cm³/mol. The van der Waals surface area contributed by atoms with Crippen LogP contribution in [0.25, 0.3) is 0 Å². The minimum Gasteiger partial charge on any atom is -0.478 e. The lowest BCUT2D eigenvalue weighted by atomic mass is 10.2. The first-order valence-electron chi connectivity index (χ1n) is 6.36. The molecule has 2 N–H and O–H groups in total. The third-order valence-electron chi connectivity index (χ3n) is 2.52. The van der Waals surface area contributed by atoms with Crippen LogP contribution in [0.1, 0.15) is 36.5 Å². The molecule has 6 heteroatoms. The van der Waals surface area contributed by atoms with Gasteiger partial charge in [0.1, 0.15) is 5.82 Å². The molecule has 0 aromatic carbocycles. The van der Waals surface area contributed by atoms with Crippen LogP contribution in [-0.2, 0) is 4.74 Å². The van der Waals surface area contributed by atoms with Gasteiger partial charge < -0.3 is 15.2 Å². The van der Waals surface area contributed by atoms with E-state index >= 15 is 0 Å². The van der Waals surface area contributed by atoms with Gasteiger partial charge in [-0.25, -0.2) is 9.78 Å². The minimum atomic E-state index is -1.06. The number of rotatable bonds is 9. The lowest BCUT2D eigenvalue weighted by molar-refractivity contribution is 0.0697. The Kier molecular flexibility index (Phi) is 7.22. The fourth-order valence-corrected chi connectivity index (χ4v) is 1.72. The summed E-state index contributed by atoms with van der Waals surface area (Å²) in [5.41, 5.74) is 0.0540. The second-order valence-electron chi connectivity index (χ2n) is 4.07. The number of hydrogen-bond acceptors (Lipinski definition) is 4. The van der Waals surface area contributed by atoms with Crippen molar-refractivity contribution in [3.8, 4) is 0 Å². The third-order valence-corrected chi connectivity index (χ3v) is 2.90. The van der Waals surface area contributed by atoms with Gasteiger partial charge in [0.25, 0.3) is 0 Å². The summed E-state index contributed by atoms with van der Waals surface area (Å²) in [6.07, 6.45) is 4.44. The van der Waals surface area contributed by atoms with E-state index in [2.05, 4.69) is 17.2 Å². The maximum absolute atomic E-state index is 10.9. The minimum absolute atomic E-state index is 0.0540. The van der Waals surface area contributed by atoms with Gasteiger partial charge in [-0.2, -0.15) is 0 Å². The van der Waals surface area contributed by atoms with E-state index in [1.165, 1.54) is 12.3 Å². The molecular weight excluding hydrogens is 268 g/mol. The zero-order valence-corrected chi connectivity index (χ0v) is 11.7. The standard InChI is InChI=1S/C13H19ClN2O3/c1-2-3-8-19-9-4-6-15-12-11(14)10(13(17)18)5-7-16-12/h5,7H,2-4,6,8-9H2,1H3,(H,15,16)(H,17,18). The molecule has 0 aliphatic carbocycles. The van der Waals surface area contributed by atoms with Crippen LogP contribution >= 0.6 is 11.6 Å². The normalized spacial score (nSPS) is 10.4. The molecule has 19 heavy (non-hydrogen) atoms. The Morgan fingerprint density at radius 1 is 1.47 bits per heavy atom. The molecule has 1 heterocycles. The van der Waals surface area contributed by atoms with Gasteiger partial charge in [0, 0.05) is 26.0 Å². The molecule has 1 rings (SSSR count). The fraction of sp³-hybridized carbons (Fsp3) is 0.538. The van der Waals surface area contributed by atoms with Crippen LogP contribution in [0.3, 0.4) is 0 Å². The summed E-state index contributed by atoms with van der Waals surface area (Å²) in [7, 11) is 0. The number of nitrogens with zero attached hydrogens (tertiary/aromatic N) is 1. The number of unbranched alkanes of at least 4 members (excludes halogenated alkanes) is 1. The molecule has 106 valence electrons. The molecule has 0 atom stereocenters. The van der Waals surface area contributed by atoms with Crippen LogP contribution in [0.2, 0.25) is 5.02 Å². The van der Waals surface area contributed by atoms with Crippen molar-refractivity contribution in [1.82, 2.24) is 4.98 Å². The van der Waals surface area contributed by atoms with Gasteiger partial charge in [0.2, 0.25) is 0 Å². The van der Waals surface area contributed by atoms with Crippen molar-refractivity contribution in [3.05, 3.63) is 22.8 Å². The van der Waals surface area contributed by atoms with E-state index in [1.807, 2.05) is 0 Å². The summed E-state index contributed by atoms with van der Waals surface area (Å²) < 4.78 is 5.42. The van der Waals surface area contributed by atoms with Crippen molar-refractivity contribution in [3.63, 3.8) is 0 Å². The predicted octanol–water partition coefficient (Wildman–Crippen LogP) is 3.05. The molecule has 1 aromatic rings. The third kappa shape index (κ3) is 5.44. The SMILES string of the molecule is CCCCOCCCNc1nccc(C(=O)O)c1Cl. The number of anilines is 1. The van der Waals surface area contributed by atoms with Crippen LogP contribution in [0.15, 0.2) is 12.3 Å². The number of carboxylic acids is 1. The smallest absolute Gasteiger partial charge is 0.337 e. The van der Waals surface area contributed by atoms with Crippen molar-refractivity contribution in [2.75, 3.05) is 25.1 Å². The van der Waals surface area contributed by atoms with Crippen molar-refractivity contribution < 1.29 is 14.6 Å². The quantitative estimate of drug-likeness (QED) is 0.683. The highest BCUT2D eigenvalue weighted by molar-refractivity contribution is 6.35. The van der Waals surface area contributed by atoms with E-state index in [1.54, 1.807) is 0 Å². The Morgan fingerprint density at radius 3 is 2.89 bits per heavy atom. The second-order valence-corrected chi connectivity index (χ2v) is 4.45. The number of hydrogen-bond donors (Lipinski definition) is 2. The van der Waals surface area contributed by atoms with Crippen molar-refractivity contribution in [1.29, 1.82) is 0 Å². The summed E-state index contributed by atoms with van der Waals surface area (Å²) in [5.74, 6) is -0.659. The van der Waals surface area contributed by atoms with Crippen molar-refractivity contribution in [2.45, 2.75) is 26.2 Å². The first kappa shape index (κ1) is 15.7. The van der Waals surface area contributed by atoms with Crippen LogP contribution < -0.4 is 5.32 Å². The van der Waals surface area contributed by atoms with Gasteiger partial charge in [-0.1, -0.05) is 24.9 Å². The molecule has 0 amide bonds. The molecule has 0 saturated carbocycles. The van der Waals surface area contributed by atoms with Crippen molar-refractivity contribution >= 4 is 23.4 Å². The maximum atomic E-state index is 10.9. The molecule has 0 aliphatic rings. The molecule has 0 spiro atoms. The van der Waals surface area contributed by atoms with Gasteiger partial charge in [-0.05, 0) is 18.9 Å². The molecule has 0 aliphatic heterocycles. The van der Waals surface area contributed by atoms with Gasteiger partial charge in [0.05, 0.1) is 10.6 Å². The molecule has 0 radical (unpaired) electrons. The molecular formula is C13H19ClN2O3. The number of aromatic nitrogens is 1. The number of aromatic carboxylic acids is 1. The molecule has 0 bridgehead atoms.